The van der Waals surface area contributed by atoms with Crippen molar-refractivity contribution in [2.45, 2.75) is 25.4 Å². The third-order valence-electron chi connectivity index (χ3n) is 4.43. The Kier molecular flexibility index (Phi) is 5.55. The summed E-state index contributed by atoms with van der Waals surface area (Å²) in [7, 11) is -3.08. The minimum Gasteiger partial charge on any atom is -0.347 e. The van der Waals surface area contributed by atoms with E-state index in [1.54, 1.807) is 6.07 Å². The summed E-state index contributed by atoms with van der Waals surface area (Å²) in [5.41, 5.74) is 1.17. The summed E-state index contributed by atoms with van der Waals surface area (Å²) in [6.07, 6.45) is 0.392. The van der Waals surface area contributed by atoms with Crippen molar-refractivity contribution in [3.8, 4) is 0 Å². The van der Waals surface area contributed by atoms with Crippen LogP contribution in [0.4, 0.5) is 0 Å². The van der Waals surface area contributed by atoms with Crippen LogP contribution in [0.15, 0.2) is 48.5 Å². The monoisotopic (exact) mass is 387 g/mol. The molecular formula is C19H21N3O4S. The van der Waals surface area contributed by atoms with Gasteiger partial charge in [0.2, 0.25) is 0 Å². The molecule has 1 aliphatic heterocycles. The van der Waals surface area contributed by atoms with E-state index in [0.29, 0.717) is 6.42 Å². The van der Waals surface area contributed by atoms with E-state index in [1.165, 1.54) is 12.1 Å². The van der Waals surface area contributed by atoms with Crippen molar-refractivity contribution in [2.24, 2.45) is 0 Å². The maximum absolute atomic E-state index is 12.4. The smallest absolute Gasteiger partial charge is 0.270 e. The molecule has 2 atom stereocenters. The van der Waals surface area contributed by atoms with E-state index in [0.717, 1.165) is 5.56 Å². The van der Waals surface area contributed by atoms with Gasteiger partial charge in [-0.2, -0.15) is 0 Å². The van der Waals surface area contributed by atoms with Crippen molar-refractivity contribution >= 4 is 21.7 Å². The SMILES string of the molecule is CC(NC(=O)c1cccc(C(=O)NC2CCS(=O)(=O)C2)n1)c1ccccc1. The number of pyridine rings is 1. The summed E-state index contributed by atoms with van der Waals surface area (Å²) in [4.78, 5) is 28.9. The van der Waals surface area contributed by atoms with Gasteiger partial charge in [0.15, 0.2) is 9.84 Å². The fraction of sp³-hybridized carbons (Fsp3) is 0.316. The van der Waals surface area contributed by atoms with E-state index < -0.39 is 21.8 Å². The molecule has 0 saturated carbocycles. The molecule has 3 rings (SSSR count). The lowest BCUT2D eigenvalue weighted by Crippen LogP contribution is -2.36. The maximum Gasteiger partial charge on any atom is 0.270 e. The zero-order valence-corrected chi connectivity index (χ0v) is 15.7. The topological polar surface area (TPSA) is 105 Å². The minimum atomic E-state index is -3.08. The second kappa shape index (κ2) is 7.87. The predicted octanol–water partition coefficient (Wildman–Crippen LogP) is 1.49. The third kappa shape index (κ3) is 4.91. The number of rotatable bonds is 5. The van der Waals surface area contributed by atoms with E-state index in [-0.39, 0.29) is 34.8 Å². The average Bonchev–Trinajstić information content (AvgIpc) is 3.00. The Hall–Kier alpha value is -2.74. The number of carbonyl (C=O) groups excluding carboxylic acids is 2. The first kappa shape index (κ1) is 19.0. The highest BCUT2D eigenvalue weighted by molar-refractivity contribution is 7.91. The van der Waals surface area contributed by atoms with Crippen molar-refractivity contribution < 1.29 is 18.0 Å². The van der Waals surface area contributed by atoms with Gasteiger partial charge in [-0.05, 0) is 31.0 Å². The van der Waals surface area contributed by atoms with Gasteiger partial charge in [-0.15, -0.1) is 0 Å². The first-order valence-electron chi connectivity index (χ1n) is 8.68. The number of amides is 2. The predicted molar refractivity (Wildman–Crippen MR) is 101 cm³/mol. The Bertz CT molecular complexity index is 944. The number of carbonyl (C=O) groups is 2. The number of hydrogen-bond donors (Lipinski definition) is 2. The molecule has 142 valence electrons. The Balaban J connectivity index is 1.66. The normalized spacial score (nSPS) is 19.2. The number of nitrogens with zero attached hydrogens (tertiary/aromatic N) is 1. The molecule has 1 fully saturated rings. The van der Waals surface area contributed by atoms with E-state index in [9.17, 15) is 18.0 Å². The van der Waals surface area contributed by atoms with Gasteiger partial charge in [0, 0.05) is 6.04 Å². The van der Waals surface area contributed by atoms with Crippen LogP contribution in [0.2, 0.25) is 0 Å². The summed E-state index contributed by atoms with van der Waals surface area (Å²) in [6, 6.07) is 13.5. The molecule has 2 amide bonds. The second-order valence-corrected chi connectivity index (χ2v) is 8.82. The Morgan fingerprint density at radius 1 is 1.04 bits per heavy atom. The lowest BCUT2D eigenvalue weighted by molar-refractivity contribution is 0.0931. The maximum atomic E-state index is 12.4. The van der Waals surface area contributed by atoms with Gasteiger partial charge in [0.1, 0.15) is 11.4 Å². The van der Waals surface area contributed by atoms with Crippen molar-refractivity contribution in [3.63, 3.8) is 0 Å². The minimum absolute atomic E-state index is 0.0620. The Morgan fingerprint density at radius 3 is 2.33 bits per heavy atom. The van der Waals surface area contributed by atoms with Crippen LogP contribution in [0.3, 0.4) is 0 Å². The Morgan fingerprint density at radius 2 is 1.70 bits per heavy atom. The van der Waals surface area contributed by atoms with Crippen LogP contribution >= 0.6 is 0 Å². The van der Waals surface area contributed by atoms with Crippen LogP contribution in [0.1, 0.15) is 45.9 Å². The summed E-state index contributed by atoms with van der Waals surface area (Å²) < 4.78 is 23.0. The summed E-state index contributed by atoms with van der Waals surface area (Å²) in [6.45, 7) is 1.87. The lowest BCUT2D eigenvalue weighted by Gasteiger charge is -2.14. The molecular weight excluding hydrogens is 366 g/mol. The Labute approximate surface area is 158 Å². The van der Waals surface area contributed by atoms with Gasteiger partial charge in [-0.3, -0.25) is 9.59 Å². The van der Waals surface area contributed by atoms with E-state index in [4.69, 9.17) is 0 Å². The van der Waals surface area contributed by atoms with Crippen molar-refractivity contribution in [3.05, 3.63) is 65.5 Å². The van der Waals surface area contributed by atoms with Crippen molar-refractivity contribution in [1.82, 2.24) is 15.6 Å². The summed E-state index contributed by atoms with van der Waals surface area (Å²) >= 11 is 0. The zero-order valence-electron chi connectivity index (χ0n) is 14.9. The number of benzene rings is 1. The summed E-state index contributed by atoms with van der Waals surface area (Å²) in [5, 5.41) is 5.52. The average molecular weight is 387 g/mol. The molecule has 27 heavy (non-hydrogen) atoms. The van der Waals surface area contributed by atoms with E-state index in [2.05, 4.69) is 15.6 Å². The number of sulfone groups is 1. The van der Waals surface area contributed by atoms with Gasteiger partial charge in [-0.1, -0.05) is 36.4 Å². The molecule has 0 radical (unpaired) electrons. The molecule has 0 bridgehead atoms. The second-order valence-electron chi connectivity index (χ2n) is 6.59. The first-order valence-corrected chi connectivity index (χ1v) is 10.5. The number of aromatic nitrogens is 1. The van der Waals surface area contributed by atoms with Crippen LogP contribution in [-0.4, -0.2) is 42.8 Å². The van der Waals surface area contributed by atoms with Gasteiger partial charge in [0.05, 0.1) is 17.5 Å². The van der Waals surface area contributed by atoms with Crippen LogP contribution < -0.4 is 10.6 Å². The highest BCUT2D eigenvalue weighted by atomic mass is 32.2. The van der Waals surface area contributed by atoms with Crippen LogP contribution in [0.5, 0.6) is 0 Å². The molecule has 2 N–H and O–H groups in total. The van der Waals surface area contributed by atoms with E-state index >= 15 is 0 Å². The zero-order chi connectivity index (χ0) is 19.4. The molecule has 0 spiro atoms. The van der Waals surface area contributed by atoms with Crippen LogP contribution in [-0.2, 0) is 9.84 Å². The van der Waals surface area contributed by atoms with Gasteiger partial charge in [0.25, 0.3) is 11.8 Å². The molecule has 2 aromatic rings. The molecule has 1 aromatic heterocycles. The molecule has 0 aliphatic carbocycles. The largest absolute Gasteiger partial charge is 0.347 e. The quantitative estimate of drug-likeness (QED) is 0.809. The van der Waals surface area contributed by atoms with Gasteiger partial charge in [-0.25, -0.2) is 13.4 Å². The highest BCUT2D eigenvalue weighted by Gasteiger charge is 2.29. The molecule has 2 heterocycles. The van der Waals surface area contributed by atoms with E-state index in [1.807, 2.05) is 37.3 Å². The molecule has 7 nitrogen and oxygen atoms in total. The molecule has 1 saturated heterocycles. The molecule has 1 aromatic carbocycles. The van der Waals surface area contributed by atoms with Gasteiger partial charge >= 0.3 is 0 Å². The molecule has 8 heteroatoms. The molecule has 1 aliphatic rings. The fourth-order valence-electron chi connectivity index (χ4n) is 2.95. The van der Waals surface area contributed by atoms with Crippen molar-refractivity contribution in [2.75, 3.05) is 11.5 Å². The summed E-state index contributed by atoms with van der Waals surface area (Å²) in [5.74, 6) is -0.856. The standard InChI is InChI=1S/C19H21N3O4S/c1-13(14-6-3-2-4-7-14)20-18(23)16-8-5-9-17(22-16)19(24)21-15-10-11-27(25,26)12-15/h2-9,13,15H,10-12H2,1H3,(H,20,23)(H,21,24). The number of nitrogens with one attached hydrogen (secondary N) is 2. The lowest BCUT2D eigenvalue weighted by atomic mass is 10.1. The van der Waals surface area contributed by atoms with Crippen LogP contribution in [0.25, 0.3) is 0 Å². The highest BCUT2D eigenvalue weighted by Crippen LogP contribution is 2.13. The molecule has 2 unspecified atom stereocenters. The van der Waals surface area contributed by atoms with Crippen molar-refractivity contribution in [1.29, 1.82) is 0 Å². The fourth-order valence-corrected chi connectivity index (χ4v) is 4.62. The first-order chi connectivity index (χ1) is 12.8. The van der Waals surface area contributed by atoms with Crippen LogP contribution in [0, 0.1) is 0 Å². The third-order valence-corrected chi connectivity index (χ3v) is 6.20. The van der Waals surface area contributed by atoms with Gasteiger partial charge < -0.3 is 10.6 Å². The number of hydrogen-bond acceptors (Lipinski definition) is 5.